The zero-order valence-corrected chi connectivity index (χ0v) is 10.3. The van der Waals surface area contributed by atoms with Gasteiger partial charge in [0.25, 0.3) is 0 Å². The largest absolute Gasteiger partial charge is 0.379 e. The maximum atomic E-state index is 5.40. The molecule has 1 atom stereocenters. The van der Waals surface area contributed by atoms with E-state index in [-0.39, 0.29) is 0 Å². The maximum absolute atomic E-state index is 5.40. The normalized spacial score (nSPS) is 31.0. The van der Waals surface area contributed by atoms with Crippen LogP contribution in [0.2, 0.25) is 0 Å². The Balaban J connectivity index is 1.86. The number of likely N-dealkylation sites (tertiary alicyclic amines) is 1. The van der Waals surface area contributed by atoms with Crippen LogP contribution in [0, 0.1) is 0 Å². The molecule has 0 aromatic carbocycles. The summed E-state index contributed by atoms with van der Waals surface area (Å²) < 4.78 is 5.40. The number of hydrogen-bond donors (Lipinski definition) is 0. The van der Waals surface area contributed by atoms with Gasteiger partial charge in [0.15, 0.2) is 0 Å². The van der Waals surface area contributed by atoms with Gasteiger partial charge >= 0.3 is 0 Å². The van der Waals surface area contributed by atoms with Crippen LogP contribution in [0.15, 0.2) is 0 Å². The maximum Gasteiger partial charge on any atom is 0.0594 e. The number of nitrogens with zero attached hydrogens (tertiary/aromatic N) is 2. The summed E-state index contributed by atoms with van der Waals surface area (Å²) in [7, 11) is 0. The quantitative estimate of drug-likeness (QED) is 0.649. The molecular weight excluding hydrogens is 188 g/mol. The summed E-state index contributed by atoms with van der Waals surface area (Å²) in [5.41, 5.74) is 0.334. The molecule has 15 heavy (non-hydrogen) atoms. The molecule has 0 aliphatic carbocycles. The number of ether oxygens (including phenoxy) is 1. The van der Waals surface area contributed by atoms with Gasteiger partial charge in [-0.25, -0.2) is 0 Å². The zero-order valence-electron chi connectivity index (χ0n) is 10.3. The molecule has 3 nitrogen and oxygen atoms in total. The third-order valence-electron chi connectivity index (χ3n) is 3.67. The van der Waals surface area contributed by atoms with Crippen LogP contribution in [0.3, 0.4) is 0 Å². The van der Waals surface area contributed by atoms with Gasteiger partial charge in [-0.15, -0.1) is 0 Å². The Morgan fingerprint density at radius 3 is 2.27 bits per heavy atom. The van der Waals surface area contributed by atoms with Crippen LogP contribution in [0.1, 0.15) is 27.2 Å². The summed E-state index contributed by atoms with van der Waals surface area (Å²) in [4.78, 5) is 5.21. The minimum absolute atomic E-state index is 0.334. The van der Waals surface area contributed by atoms with Gasteiger partial charge < -0.3 is 4.74 Å². The summed E-state index contributed by atoms with van der Waals surface area (Å²) in [6.45, 7) is 13.5. The van der Waals surface area contributed by atoms with E-state index in [4.69, 9.17) is 4.74 Å². The SMILES string of the molecule is CC(C)(C)N1CC[C@@H](N2CCOCC2)C1. The molecule has 88 valence electrons. The molecule has 0 N–H and O–H groups in total. The summed E-state index contributed by atoms with van der Waals surface area (Å²) >= 11 is 0. The van der Waals surface area contributed by atoms with E-state index in [1.165, 1.54) is 19.5 Å². The molecule has 0 aromatic heterocycles. The molecule has 2 rings (SSSR count). The smallest absolute Gasteiger partial charge is 0.0594 e. The molecule has 0 amide bonds. The van der Waals surface area contributed by atoms with Gasteiger partial charge in [-0.2, -0.15) is 0 Å². The number of rotatable bonds is 1. The lowest BCUT2D eigenvalue weighted by Gasteiger charge is -2.35. The van der Waals surface area contributed by atoms with E-state index in [0.717, 1.165) is 32.3 Å². The first-order chi connectivity index (χ1) is 7.07. The van der Waals surface area contributed by atoms with Crippen LogP contribution < -0.4 is 0 Å². The van der Waals surface area contributed by atoms with Crippen molar-refractivity contribution < 1.29 is 4.74 Å². The summed E-state index contributed by atoms with van der Waals surface area (Å²) in [6, 6.07) is 0.771. The van der Waals surface area contributed by atoms with E-state index >= 15 is 0 Å². The standard InChI is InChI=1S/C12H24N2O/c1-12(2,3)14-5-4-11(10-14)13-6-8-15-9-7-13/h11H,4-10H2,1-3H3/t11-/m1/s1. The topological polar surface area (TPSA) is 15.7 Å². The van der Waals surface area contributed by atoms with Crippen LogP contribution in [0.25, 0.3) is 0 Å². The minimum Gasteiger partial charge on any atom is -0.379 e. The first-order valence-electron chi connectivity index (χ1n) is 6.14. The third-order valence-corrected chi connectivity index (χ3v) is 3.67. The Morgan fingerprint density at radius 2 is 1.73 bits per heavy atom. The molecule has 2 saturated heterocycles. The van der Waals surface area contributed by atoms with Gasteiger partial charge in [0, 0.05) is 37.8 Å². The van der Waals surface area contributed by atoms with Gasteiger partial charge in [0.2, 0.25) is 0 Å². The monoisotopic (exact) mass is 212 g/mol. The summed E-state index contributed by atoms with van der Waals surface area (Å²) in [5, 5.41) is 0. The highest BCUT2D eigenvalue weighted by Gasteiger charge is 2.33. The second-order valence-corrected chi connectivity index (χ2v) is 5.71. The fourth-order valence-corrected chi connectivity index (χ4v) is 2.59. The van der Waals surface area contributed by atoms with Gasteiger partial charge in [-0.05, 0) is 27.2 Å². The van der Waals surface area contributed by atoms with E-state index in [0.29, 0.717) is 5.54 Å². The highest BCUT2D eigenvalue weighted by atomic mass is 16.5. The molecule has 0 radical (unpaired) electrons. The average molecular weight is 212 g/mol. The lowest BCUT2D eigenvalue weighted by molar-refractivity contribution is 0.0163. The van der Waals surface area contributed by atoms with E-state index < -0.39 is 0 Å². The minimum atomic E-state index is 0.334. The summed E-state index contributed by atoms with van der Waals surface area (Å²) in [6.07, 6.45) is 1.33. The molecule has 0 bridgehead atoms. The van der Waals surface area contributed by atoms with Crippen molar-refractivity contribution in [2.24, 2.45) is 0 Å². The number of morpholine rings is 1. The fraction of sp³-hybridized carbons (Fsp3) is 1.00. The van der Waals surface area contributed by atoms with E-state index in [1.807, 2.05) is 0 Å². The lowest BCUT2D eigenvalue weighted by atomic mass is 10.1. The first kappa shape index (κ1) is 11.4. The molecule has 0 saturated carbocycles. The van der Waals surface area contributed by atoms with Crippen molar-refractivity contribution in [2.45, 2.75) is 38.8 Å². The molecule has 2 heterocycles. The Bertz CT molecular complexity index is 206. The van der Waals surface area contributed by atoms with Crippen LogP contribution in [0.4, 0.5) is 0 Å². The molecule has 3 heteroatoms. The molecule has 0 spiro atoms. The Labute approximate surface area is 93.4 Å². The Kier molecular flexibility index (Phi) is 3.33. The number of hydrogen-bond acceptors (Lipinski definition) is 3. The molecular formula is C12H24N2O. The highest BCUT2D eigenvalue weighted by Crippen LogP contribution is 2.23. The van der Waals surface area contributed by atoms with E-state index in [1.54, 1.807) is 0 Å². The van der Waals surface area contributed by atoms with Crippen molar-refractivity contribution in [3.8, 4) is 0 Å². The van der Waals surface area contributed by atoms with Gasteiger partial charge in [0.1, 0.15) is 0 Å². The molecule has 0 unspecified atom stereocenters. The second kappa shape index (κ2) is 4.40. The predicted octanol–water partition coefficient (Wildman–Crippen LogP) is 1.19. The van der Waals surface area contributed by atoms with Crippen molar-refractivity contribution in [2.75, 3.05) is 39.4 Å². The van der Waals surface area contributed by atoms with E-state index in [2.05, 4.69) is 30.6 Å². The Morgan fingerprint density at radius 1 is 1.07 bits per heavy atom. The molecule has 2 aliphatic rings. The van der Waals surface area contributed by atoms with Gasteiger partial charge in [-0.1, -0.05) is 0 Å². The van der Waals surface area contributed by atoms with Crippen molar-refractivity contribution in [3.05, 3.63) is 0 Å². The Hall–Kier alpha value is -0.120. The van der Waals surface area contributed by atoms with Gasteiger partial charge in [0.05, 0.1) is 13.2 Å². The van der Waals surface area contributed by atoms with Crippen LogP contribution in [-0.2, 0) is 4.74 Å². The average Bonchev–Trinajstić information content (AvgIpc) is 2.67. The van der Waals surface area contributed by atoms with Crippen molar-refractivity contribution >= 4 is 0 Å². The highest BCUT2D eigenvalue weighted by molar-refractivity contribution is 4.89. The van der Waals surface area contributed by atoms with Crippen LogP contribution in [-0.4, -0.2) is 60.8 Å². The second-order valence-electron chi connectivity index (χ2n) is 5.71. The lowest BCUT2D eigenvalue weighted by Crippen LogP contribution is -2.47. The van der Waals surface area contributed by atoms with Gasteiger partial charge in [-0.3, -0.25) is 9.80 Å². The van der Waals surface area contributed by atoms with Crippen molar-refractivity contribution in [1.82, 2.24) is 9.80 Å². The van der Waals surface area contributed by atoms with E-state index in [9.17, 15) is 0 Å². The first-order valence-corrected chi connectivity index (χ1v) is 6.14. The van der Waals surface area contributed by atoms with Crippen LogP contribution >= 0.6 is 0 Å². The van der Waals surface area contributed by atoms with Crippen molar-refractivity contribution in [3.63, 3.8) is 0 Å². The zero-order chi connectivity index (χ0) is 10.9. The summed E-state index contributed by atoms with van der Waals surface area (Å²) in [5.74, 6) is 0. The fourth-order valence-electron chi connectivity index (χ4n) is 2.59. The molecule has 0 aromatic rings. The van der Waals surface area contributed by atoms with Crippen molar-refractivity contribution in [1.29, 1.82) is 0 Å². The molecule has 2 aliphatic heterocycles. The molecule has 2 fully saturated rings. The van der Waals surface area contributed by atoms with Crippen LogP contribution in [0.5, 0.6) is 0 Å². The third kappa shape index (κ3) is 2.71. The predicted molar refractivity (Wildman–Crippen MR) is 62.1 cm³/mol.